The first-order valence-corrected chi connectivity index (χ1v) is 5.93. The van der Waals surface area contributed by atoms with Crippen molar-refractivity contribution in [2.75, 3.05) is 44.1 Å². The Kier molecular flexibility index (Phi) is 4.10. The monoisotopic (exact) mass is 269 g/mol. The Morgan fingerprint density at radius 2 is 2.37 bits per heavy atom. The number of hydrogen-bond acceptors (Lipinski definition) is 6. The summed E-state index contributed by atoms with van der Waals surface area (Å²) in [5.41, 5.74) is 0. The number of likely N-dealkylation sites (N-methyl/N-ethyl adjacent to an activating group) is 1. The largest absolute Gasteiger partial charge is 0.377 e. The van der Waals surface area contributed by atoms with Crippen LogP contribution in [0.25, 0.3) is 0 Å². The Morgan fingerprint density at radius 1 is 1.58 bits per heavy atom. The van der Waals surface area contributed by atoms with E-state index in [2.05, 4.69) is 20.6 Å². The highest BCUT2D eigenvalue weighted by Crippen LogP contribution is 2.21. The number of ether oxygens (including phenoxy) is 1. The van der Waals surface area contributed by atoms with Crippen LogP contribution in [0.5, 0.6) is 0 Å². The number of carbonyl (C=O) groups excluding carboxylic acids is 1. The number of nitrogens with zero attached hydrogens (tertiary/aromatic N) is 3. The average Bonchev–Trinajstić information content (AvgIpc) is 2.47. The maximum Gasteiger partial charge on any atom is 0.244 e. The minimum atomic E-state index is -0.590. The Labute approximate surface area is 110 Å². The predicted molar refractivity (Wildman–Crippen MR) is 67.6 cm³/mol. The summed E-state index contributed by atoms with van der Waals surface area (Å²) in [6.45, 7) is 1.03. The molecule has 0 saturated carbocycles. The van der Waals surface area contributed by atoms with Gasteiger partial charge in [0.1, 0.15) is 6.04 Å². The van der Waals surface area contributed by atoms with E-state index < -0.39 is 11.9 Å². The Balaban J connectivity index is 2.34. The SMILES string of the molecule is CNC(=O)C1COCCN1c1nc(NC)ncc1F. The summed E-state index contributed by atoms with van der Waals surface area (Å²) in [5.74, 6) is -0.381. The summed E-state index contributed by atoms with van der Waals surface area (Å²) >= 11 is 0. The number of morpholine rings is 1. The molecule has 104 valence electrons. The van der Waals surface area contributed by atoms with Crippen molar-refractivity contribution >= 4 is 17.7 Å². The summed E-state index contributed by atoms with van der Waals surface area (Å²) in [5, 5.41) is 5.28. The zero-order chi connectivity index (χ0) is 13.8. The summed E-state index contributed by atoms with van der Waals surface area (Å²) in [4.78, 5) is 21.3. The van der Waals surface area contributed by atoms with Crippen LogP contribution in [0.2, 0.25) is 0 Å². The molecule has 2 rings (SSSR count). The molecule has 7 nitrogen and oxygen atoms in total. The molecule has 0 spiro atoms. The lowest BCUT2D eigenvalue weighted by atomic mass is 10.2. The van der Waals surface area contributed by atoms with Crippen LogP contribution >= 0.6 is 0 Å². The van der Waals surface area contributed by atoms with Crippen molar-refractivity contribution in [1.82, 2.24) is 15.3 Å². The summed E-state index contributed by atoms with van der Waals surface area (Å²) in [6, 6.07) is -0.590. The predicted octanol–water partition coefficient (Wildman–Crippen LogP) is -0.391. The normalized spacial score (nSPS) is 19.1. The number of halogens is 1. The van der Waals surface area contributed by atoms with E-state index in [9.17, 15) is 9.18 Å². The molecular formula is C11H16FN5O2. The van der Waals surface area contributed by atoms with Crippen molar-refractivity contribution in [3.8, 4) is 0 Å². The molecule has 2 N–H and O–H groups in total. The minimum absolute atomic E-state index is 0.108. The molecular weight excluding hydrogens is 253 g/mol. The molecule has 1 fully saturated rings. The zero-order valence-corrected chi connectivity index (χ0v) is 10.8. The molecule has 0 radical (unpaired) electrons. The van der Waals surface area contributed by atoms with Gasteiger partial charge >= 0.3 is 0 Å². The minimum Gasteiger partial charge on any atom is -0.377 e. The van der Waals surface area contributed by atoms with Crippen LogP contribution in [0.3, 0.4) is 0 Å². The van der Waals surface area contributed by atoms with Crippen molar-refractivity contribution in [2.45, 2.75) is 6.04 Å². The van der Waals surface area contributed by atoms with Gasteiger partial charge in [-0.15, -0.1) is 0 Å². The van der Waals surface area contributed by atoms with Gasteiger partial charge in [-0.3, -0.25) is 4.79 Å². The van der Waals surface area contributed by atoms with E-state index in [4.69, 9.17) is 4.74 Å². The van der Waals surface area contributed by atoms with Crippen molar-refractivity contribution in [1.29, 1.82) is 0 Å². The molecule has 1 aromatic heterocycles. The standard InChI is InChI=1S/C11H16FN5O2/c1-13-10(18)8-6-19-4-3-17(8)9-7(12)5-15-11(14-2)16-9/h5,8H,3-4,6H2,1-2H3,(H,13,18)(H,14,15,16). The van der Waals surface area contributed by atoms with Crippen LogP contribution in [-0.4, -0.2) is 55.8 Å². The van der Waals surface area contributed by atoms with Crippen molar-refractivity contribution in [3.63, 3.8) is 0 Å². The molecule has 1 aliphatic rings. The summed E-state index contributed by atoms with van der Waals surface area (Å²) in [6.07, 6.45) is 1.09. The molecule has 19 heavy (non-hydrogen) atoms. The number of anilines is 2. The lowest BCUT2D eigenvalue weighted by molar-refractivity contribution is -0.124. The molecule has 8 heteroatoms. The summed E-state index contributed by atoms with van der Waals surface area (Å²) < 4.78 is 19.1. The Bertz CT molecular complexity index is 470. The van der Waals surface area contributed by atoms with Crippen molar-refractivity contribution in [3.05, 3.63) is 12.0 Å². The van der Waals surface area contributed by atoms with Crippen molar-refractivity contribution in [2.24, 2.45) is 0 Å². The zero-order valence-electron chi connectivity index (χ0n) is 10.8. The highest BCUT2D eigenvalue weighted by atomic mass is 19.1. The highest BCUT2D eigenvalue weighted by molar-refractivity contribution is 5.85. The van der Waals surface area contributed by atoms with Crippen LogP contribution < -0.4 is 15.5 Å². The first kappa shape index (κ1) is 13.5. The van der Waals surface area contributed by atoms with Crippen LogP contribution in [0, 0.1) is 5.82 Å². The van der Waals surface area contributed by atoms with E-state index in [0.29, 0.717) is 19.1 Å². The van der Waals surface area contributed by atoms with Crippen LogP contribution in [0.1, 0.15) is 0 Å². The summed E-state index contributed by atoms with van der Waals surface area (Å²) in [7, 11) is 3.18. The third kappa shape index (κ3) is 2.73. The van der Waals surface area contributed by atoms with E-state index in [0.717, 1.165) is 6.20 Å². The third-order valence-electron chi connectivity index (χ3n) is 2.90. The molecule has 1 atom stereocenters. The van der Waals surface area contributed by atoms with Crippen LogP contribution in [0.15, 0.2) is 6.20 Å². The van der Waals surface area contributed by atoms with E-state index in [1.54, 1.807) is 11.9 Å². The number of amides is 1. The fourth-order valence-corrected chi connectivity index (χ4v) is 1.92. The fraction of sp³-hybridized carbons (Fsp3) is 0.545. The van der Waals surface area contributed by atoms with Gasteiger partial charge in [0, 0.05) is 20.6 Å². The molecule has 1 amide bonds. The Hall–Kier alpha value is -1.96. The smallest absolute Gasteiger partial charge is 0.244 e. The maximum absolute atomic E-state index is 13.9. The average molecular weight is 269 g/mol. The molecule has 0 aliphatic carbocycles. The second kappa shape index (κ2) is 5.79. The van der Waals surface area contributed by atoms with Gasteiger partial charge < -0.3 is 20.3 Å². The third-order valence-corrected chi connectivity index (χ3v) is 2.90. The number of carbonyl (C=O) groups is 1. The van der Waals surface area contributed by atoms with Crippen molar-refractivity contribution < 1.29 is 13.9 Å². The number of aromatic nitrogens is 2. The first-order chi connectivity index (χ1) is 9.17. The number of rotatable bonds is 3. The van der Waals surface area contributed by atoms with Gasteiger partial charge in [0.05, 0.1) is 19.4 Å². The molecule has 1 unspecified atom stereocenters. The van der Waals surface area contributed by atoms with E-state index >= 15 is 0 Å². The van der Waals surface area contributed by atoms with Crippen LogP contribution in [-0.2, 0) is 9.53 Å². The van der Waals surface area contributed by atoms with E-state index in [1.807, 2.05) is 0 Å². The van der Waals surface area contributed by atoms with Gasteiger partial charge in [-0.2, -0.15) is 4.98 Å². The van der Waals surface area contributed by atoms with Gasteiger partial charge in [-0.1, -0.05) is 0 Å². The van der Waals surface area contributed by atoms with Gasteiger partial charge in [0.15, 0.2) is 11.6 Å². The molecule has 2 heterocycles. The highest BCUT2D eigenvalue weighted by Gasteiger charge is 2.31. The molecule has 0 aromatic carbocycles. The van der Waals surface area contributed by atoms with Gasteiger partial charge in [0.2, 0.25) is 11.9 Å². The number of nitrogens with one attached hydrogen (secondary N) is 2. The van der Waals surface area contributed by atoms with Gasteiger partial charge in [0.25, 0.3) is 0 Å². The quantitative estimate of drug-likeness (QED) is 0.778. The van der Waals surface area contributed by atoms with Gasteiger partial charge in [-0.05, 0) is 0 Å². The number of hydrogen-bond donors (Lipinski definition) is 2. The second-order valence-corrected chi connectivity index (χ2v) is 4.01. The van der Waals surface area contributed by atoms with Gasteiger partial charge in [-0.25, -0.2) is 9.37 Å². The molecule has 0 bridgehead atoms. The second-order valence-electron chi connectivity index (χ2n) is 4.01. The van der Waals surface area contributed by atoms with E-state index in [-0.39, 0.29) is 18.3 Å². The van der Waals surface area contributed by atoms with Crippen LogP contribution in [0.4, 0.5) is 16.2 Å². The lowest BCUT2D eigenvalue weighted by Crippen LogP contribution is -2.54. The molecule has 1 saturated heterocycles. The first-order valence-electron chi connectivity index (χ1n) is 5.93. The molecule has 1 aliphatic heterocycles. The fourth-order valence-electron chi connectivity index (χ4n) is 1.92. The lowest BCUT2D eigenvalue weighted by Gasteiger charge is -2.35. The maximum atomic E-state index is 13.9. The topological polar surface area (TPSA) is 79.4 Å². The Morgan fingerprint density at radius 3 is 3.05 bits per heavy atom. The van der Waals surface area contributed by atoms with E-state index in [1.165, 1.54) is 7.05 Å². The molecule has 1 aromatic rings.